The van der Waals surface area contributed by atoms with E-state index in [0.717, 1.165) is 35.2 Å². The number of rotatable bonds is 5. The van der Waals surface area contributed by atoms with Crippen LogP contribution in [0.4, 0.5) is 5.69 Å². The van der Waals surface area contributed by atoms with Crippen molar-refractivity contribution >= 4 is 16.6 Å². The summed E-state index contributed by atoms with van der Waals surface area (Å²) in [6.45, 7) is 0.683. The molecule has 3 nitrogen and oxygen atoms in total. The predicted molar refractivity (Wildman–Crippen MR) is 86.4 cm³/mol. The molecule has 0 saturated heterocycles. The molecular formula is C18H18N2O. The minimum Gasteiger partial charge on any atom is -0.493 e. The highest BCUT2D eigenvalue weighted by Crippen LogP contribution is 2.23. The summed E-state index contributed by atoms with van der Waals surface area (Å²) in [7, 11) is 0. The lowest BCUT2D eigenvalue weighted by Crippen LogP contribution is -2.00. The van der Waals surface area contributed by atoms with Crippen molar-refractivity contribution in [3.05, 3.63) is 66.4 Å². The molecule has 0 radical (unpaired) electrons. The number of benzene rings is 2. The van der Waals surface area contributed by atoms with Crippen LogP contribution in [0.5, 0.6) is 5.75 Å². The Labute approximate surface area is 124 Å². The number of aromatic nitrogens is 1. The smallest absolute Gasteiger partial charge is 0.128 e. The number of nitrogens with zero attached hydrogens (tertiary/aromatic N) is 1. The molecule has 0 aliphatic carbocycles. The van der Waals surface area contributed by atoms with Gasteiger partial charge in [-0.15, -0.1) is 0 Å². The van der Waals surface area contributed by atoms with E-state index in [1.165, 1.54) is 5.56 Å². The zero-order chi connectivity index (χ0) is 14.5. The molecule has 3 rings (SSSR count). The second-order valence-electron chi connectivity index (χ2n) is 5.02. The quantitative estimate of drug-likeness (QED) is 0.570. The van der Waals surface area contributed by atoms with Crippen LogP contribution in [0.25, 0.3) is 10.9 Å². The van der Waals surface area contributed by atoms with Crippen molar-refractivity contribution in [2.75, 3.05) is 12.3 Å². The predicted octanol–water partition coefficient (Wildman–Crippen LogP) is 3.83. The molecule has 0 aliphatic rings. The maximum Gasteiger partial charge on any atom is 0.128 e. The molecule has 0 atom stereocenters. The van der Waals surface area contributed by atoms with Gasteiger partial charge in [0.1, 0.15) is 5.75 Å². The molecule has 0 spiro atoms. The fraction of sp³-hybridized carbons (Fsp3) is 0.167. The van der Waals surface area contributed by atoms with Crippen molar-refractivity contribution in [2.45, 2.75) is 12.8 Å². The van der Waals surface area contributed by atoms with Crippen LogP contribution in [0.3, 0.4) is 0 Å². The summed E-state index contributed by atoms with van der Waals surface area (Å²) in [5.41, 5.74) is 8.80. The van der Waals surface area contributed by atoms with E-state index >= 15 is 0 Å². The van der Waals surface area contributed by atoms with Gasteiger partial charge in [-0.1, -0.05) is 18.2 Å². The minimum atomic E-state index is 0.683. The van der Waals surface area contributed by atoms with Crippen molar-refractivity contribution in [3.8, 4) is 5.75 Å². The van der Waals surface area contributed by atoms with Crippen LogP contribution in [0.1, 0.15) is 12.0 Å². The van der Waals surface area contributed by atoms with E-state index in [2.05, 4.69) is 11.1 Å². The van der Waals surface area contributed by atoms with Gasteiger partial charge in [0.05, 0.1) is 12.1 Å². The van der Waals surface area contributed by atoms with E-state index in [9.17, 15) is 0 Å². The van der Waals surface area contributed by atoms with Crippen LogP contribution in [0.15, 0.2) is 60.8 Å². The van der Waals surface area contributed by atoms with E-state index in [-0.39, 0.29) is 0 Å². The number of aryl methyl sites for hydroxylation is 1. The summed E-state index contributed by atoms with van der Waals surface area (Å²) in [5, 5.41) is 1.06. The van der Waals surface area contributed by atoms with Gasteiger partial charge in [-0.2, -0.15) is 0 Å². The van der Waals surface area contributed by atoms with Crippen molar-refractivity contribution in [1.29, 1.82) is 0 Å². The Morgan fingerprint density at radius 1 is 1.00 bits per heavy atom. The average molecular weight is 278 g/mol. The van der Waals surface area contributed by atoms with Gasteiger partial charge in [-0.05, 0) is 54.8 Å². The summed E-state index contributed by atoms with van der Waals surface area (Å²) < 4.78 is 5.90. The highest BCUT2D eigenvalue weighted by Gasteiger charge is 2.02. The van der Waals surface area contributed by atoms with Gasteiger partial charge >= 0.3 is 0 Å². The number of pyridine rings is 1. The Morgan fingerprint density at radius 3 is 2.81 bits per heavy atom. The molecule has 3 heteroatoms. The summed E-state index contributed by atoms with van der Waals surface area (Å²) in [6, 6.07) is 17.9. The van der Waals surface area contributed by atoms with Gasteiger partial charge in [0, 0.05) is 17.3 Å². The third kappa shape index (κ3) is 3.31. The summed E-state index contributed by atoms with van der Waals surface area (Å²) in [5.74, 6) is 0.896. The van der Waals surface area contributed by atoms with Gasteiger partial charge in [0.2, 0.25) is 0 Å². The fourth-order valence-corrected chi connectivity index (χ4v) is 2.41. The number of fused-ring (bicyclic) bond motifs is 1. The lowest BCUT2D eigenvalue weighted by molar-refractivity contribution is 0.314. The molecule has 0 bridgehead atoms. The Kier molecular flexibility index (Phi) is 4.01. The molecule has 1 heterocycles. The van der Waals surface area contributed by atoms with Crippen molar-refractivity contribution in [1.82, 2.24) is 4.98 Å². The molecule has 0 fully saturated rings. The normalized spacial score (nSPS) is 10.7. The van der Waals surface area contributed by atoms with E-state index in [4.69, 9.17) is 10.5 Å². The van der Waals surface area contributed by atoms with Crippen molar-refractivity contribution in [3.63, 3.8) is 0 Å². The Hall–Kier alpha value is -2.55. The van der Waals surface area contributed by atoms with Crippen LogP contribution in [-0.4, -0.2) is 11.6 Å². The van der Waals surface area contributed by atoms with E-state index in [1.54, 1.807) is 6.20 Å². The van der Waals surface area contributed by atoms with Crippen LogP contribution in [0, 0.1) is 0 Å². The van der Waals surface area contributed by atoms with Crippen molar-refractivity contribution < 1.29 is 4.74 Å². The molecule has 0 saturated carbocycles. The molecule has 1 aromatic heterocycles. The number of nitrogen functional groups attached to an aromatic ring is 1. The Bertz CT molecular complexity index is 735. The first-order chi connectivity index (χ1) is 10.3. The number of hydrogen-bond donors (Lipinski definition) is 1. The second kappa shape index (κ2) is 6.27. The van der Waals surface area contributed by atoms with Crippen LogP contribution in [0.2, 0.25) is 0 Å². The van der Waals surface area contributed by atoms with Gasteiger partial charge in [-0.25, -0.2) is 0 Å². The number of hydrogen-bond acceptors (Lipinski definition) is 3. The highest BCUT2D eigenvalue weighted by atomic mass is 16.5. The third-order valence-electron chi connectivity index (χ3n) is 3.42. The number of nitrogens with two attached hydrogens (primary N) is 1. The average Bonchev–Trinajstić information content (AvgIpc) is 2.52. The lowest BCUT2D eigenvalue weighted by atomic mass is 10.1. The monoisotopic (exact) mass is 278 g/mol. The van der Waals surface area contributed by atoms with Crippen LogP contribution >= 0.6 is 0 Å². The molecule has 3 aromatic rings. The molecule has 0 amide bonds. The second-order valence-corrected chi connectivity index (χ2v) is 5.02. The first-order valence-electron chi connectivity index (χ1n) is 7.14. The first kappa shape index (κ1) is 13.4. The first-order valence-corrected chi connectivity index (χ1v) is 7.14. The van der Waals surface area contributed by atoms with Crippen LogP contribution < -0.4 is 10.5 Å². The molecule has 0 unspecified atom stereocenters. The van der Waals surface area contributed by atoms with Gasteiger partial charge in [-0.3, -0.25) is 4.98 Å². The topological polar surface area (TPSA) is 48.1 Å². The van der Waals surface area contributed by atoms with E-state index < -0.39 is 0 Å². The molecule has 2 aromatic carbocycles. The lowest BCUT2D eigenvalue weighted by Gasteiger charge is -2.09. The highest BCUT2D eigenvalue weighted by molar-refractivity contribution is 5.84. The van der Waals surface area contributed by atoms with Crippen LogP contribution in [-0.2, 0) is 6.42 Å². The number of anilines is 1. The molecule has 106 valence electrons. The minimum absolute atomic E-state index is 0.683. The maximum absolute atomic E-state index is 5.90. The summed E-state index contributed by atoms with van der Waals surface area (Å²) in [6.07, 6.45) is 3.72. The molecule has 2 N–H and O–H groups in total. The molecule has 0 aliphatic heterocycles. The maximum atomic E-state index is 5.90. The largest absolute Gasteiger partial charge is 0.493 e. The standard InChI is InChI=1S/C18H18N2O/c19-15-7-1-5-14(13-15)6-4-12-21-18-10-2-9-17-16(18)8-3-11-20-17/h1-3,5,7-11,13H,4,6,12,19H2. The third-order valence-corrected chi connectivity index (χ3v) is 3.42. The summed E-state index contributed by atoms with van der Waals surface area (Å²) in [4.78, 5) is 4.33. The number of ether oxygens (including phenoxy) is 1. The molecule has 21 heavy (non-hydrogen) atoms. The van der Waals surface area contributed by atoms with E-state index in [0.29, 0.717) is 6.61 Å². The Balaban J connectivity index is 1.60. The summed E-state index contributed by atoms with van der Waals surface area (Å²) >= 11 is 0. The zero-order valence-corrected chi connectivity index (χ0v) is 11.8. The molecular weight excluding hydrogens is 260 g/mol. The van der Waals surface area contributed by atoms with Gasteiger partial charge in [0.25, 0.3) is 0 Å². The SMILES string of the molecule is Nc1cccc(CCCOc2cccc3ncccc23)c1. The van der Waals surface area contributed by atoms with E-state index in [1.807, 2.05) is 48.5 Å². The van der Waals surface area contributed by atoms with Crippen molar-refractivity contribution in [2.24, 2.45) is 0 Å². The van der Waals surface area contributed by atoms with Gasteiger partial charge in [0.15, 0.2) is 0 Å². The zero-order valence-electron chi connectivity index (χ0n) is 11.8. The Morgan fingerprint density at radius 2 is 1.90 bits per heavy atom. The van der Waals surface area contributed by atoms with Gasteiger partial charge < -0.3 is 10.5 Å². The fourth-order valence-electron chi connectivity index (χ4n) is 2.41.